The van der Waals surface area contributed by atoms with Gasteiger partial charge in [0.05, 0.1) is 5.76 Å². The van der Waals surface area contributed by atoms with E-state index in [9.17, 15) is 5.11 Å². The van der Waals surface area contributed by atoms with Crippen molar-refractivity contribution in [1.82, 2.24) is 0 Å². The molecule has 15 heavy (non-hydrogen) atoms. The lowest BCUT2D eigenvalue weighted by Gasteiger charge is -2.05. The zero-order chi connectivity index (χ0) is 11.8. The van der Waals surface area contributed by atoms with E-state index >= 15 is 0 Å². The highest BCUT2D eigenvalue weighted by Crippen LogP contribution is 2.18. The number of hydrogen-bond acceptors (Lipinski definition) is 1. The first-order valence-electron chi connectivity index (χ1n) is 4.72. The molecule has 1 heteroatoms. The minimum absolute atomic E-state index is 0.250. The summed E-state index contributed by atoms with van der Waals surface area (Å²) in [7, 11) is 0. The van der Waals surface area contributed by atoms with E-state index in [1.165, 1.54) is 0 Å². The van der Waals surface area contributed by atoms with Crippen molar-refractivity contribution in [1.29, 1.82) is 0 Å². The van der Waals surface area contributed by atoms with Gasteiger partial charge in [0.2, 0.25) is 0 Å². The summed E-state index contributed by atoms with van der Waals surface area (Å²) in [5.74, 6) is 0.250. The first kappa shape index (κ1) is 13.2. The molecule has 80 valence electrons. The van der Waals surface area contributed by atoms with Gasteiger partial charge in [0, 0.05) is 5.57 Å². The quantitative estimate of drug-likeness (QED) is 0.522. The van der Waals surface area contributed by atoms with Crippen LogP contribution in [0.25, 0.3) is 0 Å². The first-order chi connectivity index (χ1) is 7.02. The van der Waals surface area contributed by atoms with E-state index in [4.69, 9.17) is 0 Å². The molecule has 0 amide bonds. The van der Waals surface area contributed by atoms with Gasteiger partial charge in [-0.05, 0) is 19.4 Å². The predicted molar refractivity (Wildman–Crippen MR) is 67.8 cm³/mol. The molecule has 0 aliphatic rings. The molecule has 0 unspecified atom stereocenters. The lowest BCUT2D eigenvalue weighted by atomic mass is 10.0. The molecule has 0 radical (unpaired) electrons. The van der Waals surface area contributed by atoms with Crippen LogP contribution in [0.4, 0.5) is 0 Å². The van der Waals surface area contributed by atoms with Crippen molar-refractivity contribution in [2.45, 2.75) is 13.8 Å². The summed E-state index contributed by atoms with van der Waals surface area (Å²) in [4.78, 5) is 0. The van der Waals surface area contributed by atoms with E-state index in [1.54, 1.807) is 31.2 Å². The molecule has 0 aromatic carbocycles. The second kappa shape index (κ2) is 6.66. The highest BCUT2D eigenvalue weighted by molar-refractivity contribution is 5.49. The van der Waals surface area contributed by atoms with E-state index in [0.29, 0.717) is 0 Å². The first-order valence-corrected chi connectivity index (χ1v) is 4.72. The van der Waals surface area contributed by atoms with Gasteiger partial charge >= 0.3 is 0 Å². The Kier molecular flexibility index (Phi) is 5.88. The third kappa shape index (κ3) is 4.87. The molecule has 1 N–H and O–H groups in total. The van der Waals surface area contributed by atoms with Crippen LogP contribution in [0.3, 0.4) is 0 Å². The minimum atomic E-state index is 0.250. The van der Waals surface area contributed by atoms with Crippen LogP contribution in [-0.2, 0) is 0 Å². The maximum Gasteiger partial charge on any atom is 0.0969 e. The number of hydrogen-bond donors (Lipinski definition) is 1. The fraction of sp³-hybridized carbons (Fsp3) is 0.143. The Balaban J connectivity index is 5.34. The van der Waals surface area contributed by atoms with Crippen LogP contribution in [-0.4, -0.2) is 5.11 Å². The molecule has 0 saturated heterocycles. The molecule has 0 saturated carbocycles. The van der Waals surface area contributed by atoms with E-state index in [-0.39, 0.29) is 5.76 Å². The maximum absolute atomic E-state index is 9.53. The van der Waals surface area contributed by atoms with E-state index in [0.717, 1.165) is 16.7 Å². The molecule has 0 rings (SSSR count). The van der Waals surface area contributed by atoms with Crippen molar-refractivity contribution in [3.8, 4) is 0 Å². The summed E-state index contributed by atoms with van der Waals surface area (Å²) in [6, 6.07) is 0. The molecule has 1 nitrogen and oxygen atoms in total. The summed E-state index contributed by atoms with van der Waals surface area (Å²) >= 11 is 0. The molecular formula is C14H18O. The Morgan fingerprint density at radius 3 is 2.13 bits per heavy atom. The van der Waals surface area contributed by atoms with Crippen LogP contribution in [0.2, 0.25) is 0 Å². The highest BCUT2D eigenvalue weighted by Gasteiger charge is 2.01. The second-order valence-electron chi connectivity index (χ2n) is 3.24. The highest BCUT2D eigenvalue weighted by atomic mass is 16.3. The summed E-state index contributed by atoms with van der Waals surface area (Å²) in [6.45, 7) is 14.6. The average molecular weight is 202 g/mol. The van der Waals surface area contributed by atoms with Crippen molar-refractivity contribution in [3.05, 3.63) is 72.6 Å². The summed E-state index contributed by atoms with van der Waals surface area (Å²) in [6.07, 6.45) is 8.78. The maximum atomic E-state index is 9.53. The van der Waals surface area contributed by atoms with Crippen molar-refractivity contribution in [2.24, 2.45) is 0 Å². The van der Waals surface area contributed by atoms with Crippen LogP contribution in [0.5, 0.6) is 0 Å². The average Bonchev–Trinajstić information content (AvgIpc) is 2.15. The summed E-state index contributed by atoms with van der Waals surface area (Å²) < 4.78 is 0. The Hall–Kier alpha value is -1.76. The smallest absolute Gasteiger partial charge is 0.0969 e. The van der Waals surface area contributed by atoms with Gasteiger partial charge in [0.15, 0.2) is 0 Å². The zero-order valence-electron chi connectivity index (χ0n) is 9.46. The van der Waals surface area contributed by atoms with Crippen molar-refractivity contribution in [3.63, 3.8) is 0 Å². The summed E-state index contributed by atoms with van der Waals surface area (Å²) in [5, 5.41) is 9.53. The molecule has 0 heterocycles. The van der Waals surface area contributed by atoms with E-state index in [1.807, 2.05) is 13.0 Å². The Morgan fingerprint density at radius 1 is 1.20 bits per heavy atom. The normalized spacial score (nSPS) is 13.6. The fourth-order valence-electron chi connectivity index (χ4n) is 1.10. The van der Waals surface area contributed by atoms with Crippen molar-refractivity contribution < 1.29 is 5.11 Å². The van der Waals surface area contributed by atoms with Gasteiger partial charge in [-0.2, -0.15) is 0 Å². The van der Waals surface area contributed by atoms with Crippen LogP contribution in [0.15, 0.2) is 72.6 Å². The van der Waals surface area contributed by atoms with Crippen LogP contribution >= 0.6 is 0 Å². The second-order valence-corrected chi connectivity index (χ2v) is 3.24. The standard InChI is InChI=1S/C14H18O/c1-6-8-9-14(12(5)15)13(7-2)10-11(3)4/h6-10,15H,1-3H2,4-5H3/b9-8-,13-10+,14-12-. The molecular weight excluding hydrogens is 184 g/mol. The topological polar surface area (TPSA) is 20.2 Å². The number of aliphatic hydroxyl groups excluding tert-OH is 1. The van der Waals surface area contributed by atoms with E-state index < -0.39 is 0 Å². The van der Waals surface area contributed by atoms with Gasteiger partial charge in [0.25, 0.3) is 0 Å². The van der Waals surface area contributed by atoms with Crippen molar-refractivity contribution in [2.75, 3.05) is 0 Å². The minimum Gasteiger partial charge on any atom is -0.512 e. The number of allylic oxidation sites excluding steroid dienone is 9. The predicted octanol–water partition coefficient (Wildman–Crippen LogP) is 4.25. The Morgan fingerprint density at radius 2 is 1.80 bits per heavy atom. The molecule has 0 aliphatic heterocycles. The third-order valence-corrected chi connectivity index (χ3v) is 1.72. The number of aliphatic hydroxyl groups is 1. The lowest BCUT2D eigenvalue weighted by Crippen LogP contribution is -1.89. The van der Waals surface area contributed by atoms with Gasteiger partial charge in [0.1, 0.15) is 0 Å². The van der Waals surface area contributed by atoms with Crippen molar-refractivity contribution >= 4 is 0 Å². The van der Waals surface area contributed by atoms with Gasteiger partial charge in [-0.1, -0.05) is 55.7 Å². The van der Waals surface area contributed by atoms with Crippen LogP contribution in [0, 0.1) is 0 Å². The third-order valence-electron chi connectivity index (χ3n) is 1.72. The molecule has 0 atom stereocenters. The lowest BCUT2D eigenvalue weighted by molar-refractivity contribution is 0.410. The molecule has 0 spiro atoms. The molecule has 0 aliphatic carbocycles. The monoisotopic (exact) mass is 202 g/mol. The largest absolute Gasteiger partial charge is 0.512 e. The van der Waals surface area contributed by atoms with Gasteiger partial charge in [-0.3, -0.25) is 0 Å². The van der Waals surface area contributed by atoms with Crippen LogP contribution in [0.1, 0.15) is 13.8 Å². The van der Waals surface area contributed by atoms with Crippen LogP contribution < -0.4 is 0 Å². The van der Waals surface area contributed by atoms with E-state index in [2.05, 4.69) is 19.7 Å². The van der Waals surface area contributed by atoms with Gasteiger partial charge in [-0.25, -0.2) is 0 Å². The Labute approximate surface area is 92.1 Å². The Bertz CT molecular complexity index is 348. The zero-order valence-corrected chi connectivity index (χ0v) is 9.46. The molecule has 0 fully saturated rings. The molecule has 0 aromatic heterocycles. The van der Waals surface area contributed by atoms with Gasteiger partial charge < -0.3 is 5.11 Å². The number of rotatable bonds is 5. The molecule has 0 aromatic rings. The van der Waals surface area contributed by atoms with Gasteiger partial charge in [-0.15, -0.1) is 0 Å². The fourth-order valence-corrected chi connectivity index (χ4v) is 1.10. The molecule has 0 bridgehead atoms. The SMILES string of the molecule is C=C\C=C/C(=C(\C)O)C(/C=C)=C/C(=C)C. The summed E-state index contributed by atoms with van der Waals surface area (Å²) in [5.41, 5.74) is 2.49.